The highest BCUT2D eigenvalue weighted by atomic mass is 16.6. The van der Waals surface area contributed by atoms with Gasteiger partial charge in [0.15, 0.2) is 0 Å². The minimum absolute atomic E-state index is 0.182. The predicted octanol–water partition coefficient (Wildman–Crippen LogP) is 2.61. The number of nitrogens with zero attached hydrogens (tertiary/aromatic N) is 2. The molecule has 3 amide bonds. The average molecular weight is 476 g/mol. The Morgan fingerprint density at radius 3 is 2.37 bits per heavy atom. The fraction of sp³-hybridized carbons (Fsp3) is 0.240. The van der Waals surface area contributed by atoms with Gasteiger partial charge in [-0.05, 0) is 48.9 Å². The number of nitrogens with one attached hydrogen (secondary N) is 1. The number of hydrogen-bond acceptors (Lipinski definition) is 7. The van der Waals surface area contributed by atoms with Gasteiger partial charge in [-0.25, -0.2) is 0 Å². The molecule has 10 nitrogen and oxygen atoms in total. The van der Waals surface area contributed by atoms with Crippen LogP contribution < -0.4 is 10.4 Å². The highest BCUT2D eigenvalue weighted by molar-refractivity contribution is 6.22. The van der Waals surface area contributed by atoms with E-state index in [-0.39, 0.29) is 29.2 Å². The SMILES string of the molecule is C[C@@H](CCc1ccco1)NC(=O)[C@H](Cc1ccc([O-])c([N+](=O)[O-])c1)N1C(=O)c2ccccc2C1=O. The Hall–Kier alpha value is -4.47. The maximum absolute atomic E-state index is 13.4. The molecule has 4 rings (SSSR count). The Morgan fingerprint density at radius 2 is 1.77 bits per heavy atom. The summed E-state index contributed by atoms with van der Waals surface area (Å²) in [6.45, 7) is 1.79. The van der Waals surface area contributed by atoms with Gasteiger partial charge in [0.25, 0.3) is 17.5 Å². The molecule has 0 bridgehead atoms. The number of amides is 3. The first kappa shape index (κ1) is 23.7. The Balaban J connectivity index is 1.60. The number of imide groups is 1. The van der Waals surface area contributed by atoms with Crippen molar-refractivity contribution < 1.29 is 28.8 Å². The zero-order valence-corrected chi connectivity index (χ0v) is 18.8. The zero-order chi connectivity index (χ0) is 25.1. The molecule has 0 saturated heterocycles. The van der Waals surface area contributed by atoms with Crippen LogP contribution in [0.2, 0.25) is 0 Å². The third-order valence-corrected chi connectivity index (χ3v) is 5.88. The normalized spacial score (nSPS) is 14.5. The number of aryl methyl sites for hydroxylation is 1. The van der Waals surface area contributed by atoms with Crippen molar-refractivity contribution in [3.8, 4) is 5.75 Å². The van der Waals surface area contributed by atoms with Crippen molar-refractivity contribution >= 4 is 23.4 Å². The summed E-state index contributed by atoms with van der Waals surface area (Å²) in [7, 11) is 0. The van der Waals surface area contributed by atoms with E-state index in [2.05, 4.69) is 5.32 Å². The Labute approximate surface area is 200 Å². The molecule has 1 aliphatic rings. The molecule has 180 valence electrons. The summed E-state index contributed by atoms with van der Waals surface area (Å²) in [6.07, 6.45) is 2.49. The van der Waals surface area contributed by atoms with Crippen molar-refractivity contribution in [1.82, 2.24) is 10.2 Å². The van der Waals surface area contributed by atoms with Crippen molar-refractivity contribution in [2.75, 3.05) is 0 Å². The largest absolute Gasteiger partial charge is 0.868 e. The van der Waals surface area contributed by atoms with E-state index >= 15 is 0 Å². The van der Waals surface area contributed by atoms with E-state index in [9.17, 15) is 29.6 Å². The number of rotatable bonds is 9. The van der Waals surface area contributed by atoms with Gasteiger partial charge >= 0.3 is 0 Å². The van der Waals surface area contributed by atoms with Gasteiger partial charge in [-0.1, -0.05) is 24.3 Å². The van der Waals surface area contributed by atoms with Crippen LogP contribution in [0.5, 0.6) is 5.75 Å². The minimum atomic E-state index is -1.27. The van der Waals surface area contributed by atoms with Crippen molar-refractivity contribution in [2.24, 2.45) is 0 Å². The topological polar surface area (TPSA) is 146 Å². The second kappa shape index (κ2) is 9.80. The van der Waals surface area contributed by atoms with Gasteiger partial charge in [0.05, 0.1) is 22.3 Å². The monoisotopic (exact) mass is 476 g/mol. The molecule has 35 heavy (non-hydrogen) atoms. The van der Waals surface area contributed by atoms with Crippen molar-refractivity contribution in [3.05, 3.63) is 93.4 Å². The molecule has 2 atom stereocenters. The number of nitro benzene ring substituents is 1. The number of fused-ring (bicyclic) bond motifs is 1. The van der Waals surface area contributed by atoms with Crippen LogP contribution in [0.1, 0.15) is 45.4 Å². The van der Waals surface area contributed by atoms with Crippen LogP contribution >= 0.6 is 0 Å². The highest BCUT2D eigenvalue weighted by Crippen LogP contribution is 2.29. The molecular weight excluding hydrogens is 454 g/mol. The summed E-state index contributed by atoms with van der Waals surface area (Å²) in [5.74, 6) is -1.84. The van der Waals surface area contributed by atoms with E-state index in [0.29, 0.717) is 12.8 Å². The summed E-state index contributed by atoms with van der Waals surface area (Å²) >= 11 is 0. The van der Waals surface area contributed by atoms with Gasteiger partial charge in [-0.2, -0.15) is 0 Å². The number of furan rings is 1. The Bertz CT molecular complexity index is 1250. The molecule has 10 heteroatoms. The van der Waals surface area contributed by atoms with Crippen LogP contribution in [0.4, 0.5) is 5.69 Å². The van der Waals surface area contributed by atoms with E-state index in [1.165, 1.54) is 18.2 Å². The van der Waals surface area contributed by atoms with E-state index in [4.69, 9.17) is 4.42 Å². The van der Waals surface area contributed by atoms with Crippen LogP contribution in [0.15, 0.2) is 65.3 Å². The molecule has 3 aromatic rings. The third-order valence-electron chi connectivity index (χ3n) is 5.88. The summed E-state index contributed by atoms with van der Waals surface area (Å²) < 4.78 is 5.31. The summed E-state index contributed by atoms with van der Waals surface area (Å²) in [4.78, 5) is 50.8. The van der Waals surface area contributed by atoms with Gasteiger partial charge < -0.3 is 14.8 Å². The Kier molecular flexibility index (Phi) is 6.63. The van der Waals surface area contributed by atoms with E-state index < -0.39 is 40.1 Å². The van der Waals surface area contributed by atoms with Crippen molar-refractivity contribution in [1.29, 1.82) is 0 Å². The average Bonchev–Trinajstić information content (AvgIpc) is 3.44. The maximum Gasteiger partial charge on any atom is 0.262 e. The lowest BCUT2D eigenvalue weighted by molar-refractivity contribution is -0.398. The van der Waals surface area contributed by atoms with E-state index in [1.54, 1.807) is 31.4 Å². The number of nitro groups is 1. The van der Waals surface area contributed by atoms with E-state index in [1.807, 2.05) is 6.07 Å². The second-order valence-corrected chi connectivity index (χ2v) is 8.33. The molecule has 1 aromatic heterocycles. The molecule has 0 saturated carbocycles. The summed E-state index contributed by atoms with van der Waals surface area (Å²) in [5, 5.41) is 25.9. The highest BCUT2D eigenvalue weighted by Gasteiger charge is 2.43. The standard InChI is InChI=1S/C25H23N3O7/c1-15(8-10-17-5-4-12-35-17)26-23(30)21(14-16-9-11-22(29)20(13-16)28(33)34)27-24(31)18-6-2-3-7-19(18)25(27)32/h2-7,9,11-13,15,21,29H,8,10,14H2,1H3,(H,26,30)/p-1/t15-,21-/m0/s1. The molecule has 0 radical (unpaired) electrons. The summed E-state index contributed by atoms with van der Waals surface area (Å²) in [5.41, 5.74) is -0.00353. The van der Waals surface area contributed by atoms with Crippen LogP contribution in [0.3, 0.4) is 0 Å². The lowest BCUT2D eigenvalue weighted by Gasteiger charge is -2.27. The first-order valence-electron chi connectivity index (χ1n) is 11.0. The van der Waals surface area contributed by atoms with Gasteiger partial charge in [-0.15, -0.1) is 0 Å². The summed E-state index contributed by atoms with van der Waals surface area (Å²) in [6, 6.07) is 11.7. The predicted molar refractivity (Wildman–Crippen MR) is 122 cm³/mol. The first-order chi connectivity index (χ1) is 16.8. The smallest absolute Gasteiger partial charge is 0.262 e. The minimum Gasteiger partial charge on any atom is -0.868 e. The number of carbonyl (C=O) groups excluding carboxylic acids is 3. The zero-order valence-electron chi connectivity index (χ0n) is 18.8. The number of carbonyl (C=O) groups is 3. The van der Waals surface area contributed by atoms with Gasteiger partial charge in [0, 0.05) is 24.9 Å². The molecule has 0 spiro atoms. The third kappa shape index (κ3) is 4.91. The van der Waals surface area contributed by atoms with Crippen molar-refractivity contribution in [2.45, 2.75) is 38.3 Å². The fourth-order valence-corrected chi connectivity index (χ4v) is 4.07. The number of hydrogen-bond donors (Lipinski definition) is 1. The van der Waals surface area contributed by atoms with Crippen LogP contribution in [-0.2, 0) is 17.6 Å². The molecule has 2 heterocycles. The van der Waals surface area contributed by atoms with Gasteiger partial charge in [-0.3, -0.25) is 29.4 Å². The van der Waals surface area contributed by atoms with Crippen LogP contribution in [0.25, 0.3) is 0 Å². The maximum atomic E-state index is 13.4. The van der Waals surface area contributed by atoms with Gasteiger partial charge in [0.2, 0.25) is 5.91 Å². The van der Waals surface area contributed by atoms with Crippen molar-refractivity contribution in [3.63, 3.8) is 0 Å². The van der Waals surface area contributed by atoms with Crippen LogP contribution in [-0.4, -0.2) is 39.6 Å². The lowest BCUT2D eigenvalue weighted by atomic mass is 10.0. The van der Waals surface area contributed by atoms with E-state index in [0.717, 1.165) is 22.8 Å². The van der Waals surface area contributed by atoms with Gasteiger partial charge in [0.1, 0.15) is 11.8 Å². The number of benzene rings is 2. The molecular formula is C25H22N3O7-. The first-order valence-corrected chi connectivity index (χ1v) is 11.0. The molecule has 2 aromatic carbocycles. The molecule has 0 aliphatic carbocycles. The lowest BCUT2D eigenvalue weighted by Crippen LogP contribution is -2.52. The molecule has 0 unspecified atom stereocenters. The molecule has 1 N–H and O–H groups in total. The fourth-order valence-electron chi connectivity index (χ4n) is 4.07. The molecule has 1 aliphatic heterocycles. The molecule has 0 fully saturated rings. The van der Waals surface area contributed by atoms with Crippen LogP contribution in [0, 0.1) is 10.1 Å². The quantitative estimate of drug-likeness (QED) is 0.284. The Morgan fingerprint density at radius 1 is 1.09 bits per heavy atom. The second-order valence-electron chi connectivity index (χ2n) is 8.33.